The molecule has 0 unspecified atom stereocenters. The van der Waals surface area contributed by atoms with E-state index >= 15 is 0 Å². The molecule has 0 N–H and O–H groups in total. The van der Waals surface area contributed by atoms with Gasteiger partial charge in [0.2, 0.25) is 0 Å². The highest BCUT2D eigenvalue weighted by Crippen LogP contribution is 2.45. The highest BCUT2D eigenvalue weighted by molar-refractivity contribution is 6.14. The lowest BCUT2D eigenvalue weighted by molar-refractivity contribution is 1.06. The second-order valence-corrected chi connectivity index (χ2v) is 28.0. The Bertz CT molecular complexity index is 6390. The molecule has 4 heterocycles. The molecule has 0 saturated heterocycles. The zero-order valence-electron chi connectivity index (χ0n) is 60.1. The fraction of sp³-hybridized carbons (Fsp3) is 0.0400. The molecule has 19 aromatic rings. The fourth-order valence-corrected chi connectivity index (χ4v) is 15.7. The van der Waals surface area contributed by atoms with Crippen molar-refractivity contribution in [3.8, 4) is 146 Å². The van der Waals surface area contributed by atoms with Gasteiger partial charge in [-0.2, -0.15) is 0 Å². The first-order chi connectivity index (χ1) is 53.2. The largest absolute Gasteiger partial charge is 0.309 e. The second kappa shape index (κ2) is 27.2. The Hall–Kier alpha value is -14.1. The Kier molecular flexibility index (Phi) is 16.3. The van der Waals surface area contributed by atoms with Gasteiger partial charge in [-0.3, -0.25) is 0 Å². The maximum absolute atomic E-state index is 5.52. The van der Waals surface area contributed by atoms with Crippen molar-refractivity contribution >= 4 is 43.6 Å². The molecule has 0 saturated carbocycles. The molecule has 108 heavy (non-hydrogen) atoms. The van der Waals surface area contributed by atoms with Crippen molar-refractivity contribution in [3.63, 3.8) is 0 Å². The van der Waals surface area contributed by atoms with E-state index in [9.17, 15) is 0 Å². The molecule has 0 radical (unpaired) electrons. The summed E-state index contributed by atoms with van der Waals surface area (Å²) in [7, 11) is 0. The Morgan fingerprint density at radius 2 is 0.454 bits per heavy atom. The molecule has 0 fully saturated rings. The van der Waals surface area contributed by atoms with E-state index in [1.54, 1.807) is 0 Å². The summed E-state index contributed by atoms with van der Waals surface area (Å²) < 4.78 is 4.84. The van der Waals surface area contributed by atoms with Gasteiger partial charge in [0.1, 0.15) is 0 Å². The molecule has 0 aliphatic rings. The molecule has 8 heteroatoms. The zero-order chi connectivity index (χ0) is 72.3. The first-order valence-corrected chi connectivity index (χ1v) is 36.7. The van der Waals surface area contributed by atoms with Crippen molar-refractivity contribution in [2.24, 2.45) is 0 Å². The Labute approximate surface area is 627 Å². The quantitative estimate of drug-likeness (QED) is 0.108. The molecule has 0 spiro atoms. The van der Waals surface area contributed by atoms with Crippen LogP contribution in [-0.4, -0.2) is 39.0 Å². The number of hydrogen-bond donors (Lipinski definition) is 0. The predicted octanol–water partition coefficient (Wildman–Crippen LogP) is 25.5. The Morgan fingerprint density at radius 1 is 0.176 bits per heavy atom. The third kappa shape index (κ3) is 11.9. The fourth-order valence-electron chi connectivity index (χ4n) is 15.7. The van der Waals surface area contributed by atoms with Crippen LogP contribution >= 0.6 is 0 Å². The SMILES string of the molecule is Cc1ccccc1-c1ccc2c(c1)c1cc(-c3ccccc3C)ccc1n2-c1cc(-c2cccc(-c3ccc(-n4c5ccc(-c6ccccc6C)cc5c5cc(-c6ccccc6C)ccc54)c(-c4nc(-c5ccccc5)nc(-c5ccccc5)n4)c3)c2)cc(-c2nc(-c3ccccc3)nc(-c3ccccc3)n2)c1. The van der Waals surface area contributed by atoms with E-state index in [4.69, 9.17) is 29.9 Å². The van der Waals surface area contributed by atoms with Crippen LogP contribution in [0.2, 0.25) is 0 Å². The van der Waals surface area contributed by atoms with Gasteiger partial charge in [-0.1, -0.05) is 267 Å². The maximum Gasteiger partial charge on any atom is 0.166 e. The van der Waals surface area contributed by atoms with E-state index in [0.29, 0.717) is 34.9 Å². The van der Waals surface area contributed by atoms with Gasteiger partial charge in [0.05, 0.1) is 27.8 Å². The van der Waals surface area contributed by atoms with Gasteiger partial charge >= 0.3 is 0 Å². The summed E-state index contributed by atoms with van der Waals surface area (Å²) in [5.41, 5.74) is 29.7. The monoisotopic (exact) mass is 1380 g/mol. The lowest BCUT2D eigenvalue weighted by atomic mass is 9.95. The van der Waals surface area contributed by atoms with E-state index in [0.717, 1.165) is 133 Å². The molecule has 4 aromatic heterocycles. The number of nitrogens with zero attached hydrogens (tertiary/aromatic N) is 8. The van der Waals surface area contributed by atoms with Gasteiger partial charge in [-0.25, -0.2) is 29.9 Å². The summed E-state index contributed by atoms with van der Waals surface area (Å²) in [6.07, 6.45) is 0. The van der Waals surface area contributed by atoms with Crippen molar-refractivity contribution < 1.29 is 0 Å². The maximum atomic E-state index is 5.52. The van der Waals surface area contributed by atoms with Crippen LogP contribution in [-0.2, 0) is 0 Å². The van der Waals surface area contributed by atoms with Crippen molar-refractivity contribution in [3.05, 3.63) is 374 Å². The Morgan fingerprint density at radius 3 is 0.824 bits per heavy atom. The van der Waals surface area contributed by atoms with Gasteiger partial charge in [0.25, 0.3) is 0 Å². The zero-order valence-corrected chi connectivity index (χ0v) is 60.1. The minimum atomic E-state index is 0.543. The van der Waals surface area contributed by atoms with Crippen LogP contribution in [0.5, 0.6) is 0 Å². The predicted molar refractivity (Wildman–Crippen MR) is 446 cm³/mol. The Balaban J connectivity index is 0.844. The summed E-state index contributed by atoms with van der Waals surface area (Å²) in [4.78, 5) is 32.2. The number of aromatic nitrogens is 8. The molecule has 0 bridgehead atoms. The van der Waals surface area contributed by atoms with Crippen LogP contribution < -0.4 is 0 Å². The van der Waals surface area contributed by atoms with Crippen LogP contribution in [0.25, 0.3) is 190 Å². The average molecular weight is 1380 g/mol. The van der Waals surface area contributed by atoms with Crippen LogP contribution in [0, 0.1) is 27.7 Å². The van der Waals surface area contributed by atoms with E-state index in [2.05, 4.69) is 316 Å². The topological polar surface area (TPSA) is 87.2 Å². The lowest BCUT2D eigenvalue weighted by Crippen LogP contribution is -2.04. The van der Waals surface area contributed by atoms with Gasteiger partial charge < -0.3 is 9.13 Å². The molecule has 0 amide bonds. The van der Waals surface area contributed by atoms with Crippen LogP contribution in [0.4, 0.5) is 0 Å². The van der Waals surface area contributed by atoms with Gasteiger partial charge in [0, 0.05) is 60.6 Å². The smallest absolute Gasteiger partial charge is 0.166 e. The molecular formula is C100H70N8. The molecular weight excluding hydrogens is 1310 g/mol. The molecule has 510 valence electrons. The molecule has 0 aliphatic carbocycles. The van der Waals surface area contributed by atoms with Crippen molar-refractivity contribution in [2.45, 2.75) is 27.7 Å². The van der Waals surface area contributed by atoms with Gasteiger partial charge in [-0.05, 0) is 202 Å². The molecule has 19 rings (SSSR count). The lowest BCUT2D eigenvalue weighted by Gasteiger charge is -2.17. The summed E-state index contributed by atoms with van der Waals surface area (Å²) in [5, 5.41) is 4.58. The van der Waals surface area contributed by atoms with Crippen molar-refractivity contribution in [2.75, 3.05) is 0 Å². The van der Waals surface area contributed by atoms with Crippen molar-refractivity contribution in [1.29, 1.82) is 0 Å². The number of hydrogen-bond acceptors (Lipinski definition) is 6. The first-order valence-electron chi connectivity index (χ1n) is 36.7. The van der Waals surface area contributed by atoms with Crippen LogP contribution in [0.3, 0.4) is 0 Å². The summed E-state index contributed by atoms with van der Waals surface area (Å²) in [6.45, 7) is 8.77. The number of rotatable bonds is 14. The third-order valence-electron chi connectivity index (χ3n) is 21.2. The molecule has 8 nitrogen and oxygen atoms in total. The minimum absolute atomic E-state index is 0.543. The molecule has 0 atom stereocenters. The van der Waals surface area contributed by atoms with Crippen molar-refractivity contribution in [1.82, 2.24) is 39.0 Å². The van der Waals surface area contributed by atoms with Crippen LogP contribution in [0.1, 0.15) is 22.3 Å². The summed E-state index contributed by atoms with van der Waals surface area (Å²) in [6, 6.07) is 126. The average Bonchev–Trinajstić information content (AvgIpc) is 1.57. The van der Waals surface area contributed by atoms with E-state index in [-0.39, 0.29) is 0 Å². The number of fused-ring (bicyclic) bond motifs is 6. The van der Waals surface area contributed by atoms with Crippen LogP contribution in [0.15, 0.2) is 352 Å². The van der Waals surface area contributed by atoms with E-state index in [1.807, 2.05) is 72.8 Å². The number of aryl methyl sites for hydroxylation is 4. The third-order valence-corrected chi connectivity index (χ3v) is 21.2. The normalized spacial score (nSPS) is 11.5. The summed E-state index contributed by atoms with van der Waals surface area (Å²) >= 11 is 0. The molecule has 15 aromatic carbocycles. The molecule has 0 aliphatic heterocycles. The number of benzene rings is 15. The summed E-state index contributed by atoms with van der Waals surface area (Å²) in [5.74, 6) is 3.42. The minimum Gasteiger partial charge on any atom is -0.309 e. The van der Waals surface area contributed by atoms with E-state index < -0.39 is 0 Å². The highest BCUT2D eigenvalue weighted by atomic mass is 15.1. The van der Waals surface area contributed by atoms with Gasteiger partial charge in [-0.15, -0.1) is 0 Å². The van der Waals surface area contributed by atoms with Gasteiger partial charge in [0.15, 0.2) is 34.9 Å². The van der Waals surface area contributed by atoms with E-state index in [1.165, 1.54) is 44.5 Å². The second-order valence-electron chi connectivity index (χ2n) is 28.0. The standard InChI is InChI=1S/C100H70N8/c1-63-26-17-21-40-81(63)74-45-50-90-85(59-74)86-60-75(82-41-22-18-27-64(82)2)46-51-91(86)107(90)80-56-78(55-79(57-80)99-103-95(67-30-9-5-10-31-67)101-96(104-99)68-32-11-6-12-33-68)72-39-25-38-71(54-72)73-44-49-94(89(58-73)100-105-97(69-34-13-7-14-35-69)102-98(106-100)70-36-15-8-16-37-70)108-92-52-47-76(83-42-23-19-28-65(83)3)61-87(92)88-62-77(48-53-93(88)108)84-43-24-20-29-66(84)4/h5-62H,1-4H3. The first kappa shape index (κ1) is 64.7. The highest BCUT2D eigenvalue weighted by Gasteiger charge is 2.25.